The molecule has 20 heavy (non-hydrogen) atoms. The van der Waals surface area contributed by atoms with Gasteiger partial charge in [0.25, 0.3) is 0 Å². The second-order valence-electron chi connectivity index (χ2n) is 4.82. The molecule has 0 aromatic carbocycles. The number of nitrogens with two attached hydrogens (primary N) is 2. The lowest BCUT2D eigenvalue weighted by Crippen LogP contribution is -2.33. The quantitative estimate of drug-likeness (QED) is 0.242. The topological polar surface area (TPSA) is 159 Å². The van der Waals surface area contributed by atoms with Crippen LogP contribution in [0.25, 0.3) is 0 Å². The maximum atomic E-state index is 10.5. The van der Waals surface area contributed by atoms with E-state index >= 15 is 0 Å². The van der Waals surface area contributed by atoms with Crippen molar-refractivity contribution in [2.45, 2.75) is 50.3 Å². The molecule has 0 spiro atoms. The van der Waals surface area contributed by atoms with Crippen LogP contribution in [0, 0.1) is 0 Å². The van der Waals surface area contributed by atoms with Crippen LogP contribution in [0.5, 0.6) is 0 Å². The van der Waals surface area contributed by atoms with Gasteiger partial charge in [0, 0.05) is 6.54 Å². The number of nitrogens with one attached hydrogen (secondary N) is 1. The van der Waals surface area contributed by atoms with E-state index in [1.54, 1.807) is 0 Å². The van der Waals surface area contributed by atoms with Crippen LogP contribution in [0.3, 0.4) is 0 Å². The van der Waals surface area contributed by atoms with Gasteiger partial charge < -0.3 is 32.1 Å². The summed E-state index contributed by atoms with van der Waals surface area (Å²) in [5.74, 6) is -2.07. The van der Waals surface area contributed by atoms with Gasteiger partial charge in [0.1, 0.15) is 12.1 Å². The molecule has 8 N–H and O–H groups in total. The highest BCUT2D eigenvalue weighted by molar-refractivity contribution is 5.73. The highest BCUT2D eigenvalue weighted by Crippen LogP contribution is 2.01. The Bertz CT molecular complexity index is 301. The monoisotopic (exact) mass is 291 g/mol. The Morgan fingerprint density at radius 3 is 2.05 bits per heavy atom. The Morgan fingerprint density at radius 1 is 0.950 bits per heavy atom. The summed E-state index contributed by atoms with van der Waals surface area (Å²) >= 11 is 0. The van der Waals surface area contributed by atoms with Crippen molar-refractivity contribution < 1.29 is 24.9 Å². The summed E-state index contributed by atoms with van der Waals surface area (Å²) in [6.45, 7) is 1.01. The lowest BCUT2D eigenvalue weighted by atomic mass is 10.1. The molecule has 0 aromatic heterocycles. The van der Waals surface area contributed by atoms with Crippen LogP contribution in [-0.4, -0.2) is 58.5 Å². The normalized spacial score (nSPS) is 15.6. The number of carboxylic acid groups (broad SMARTS) is 2. The maximum absolute atomic E-state index is 10.5. The molecule has 3 atom stereocenters. The third-order valence-electron chi connectivity index (χ3n) is 2.94. The summed E-state index contributed by atoms with van der Waals surface area (Å²) in [5.41, 5.74) is 10.7. The predicted molar refractivity (Wildman–Crippen MR) is 73.2 cm³/mol. The van der Waals surface area contributed by atoms with Crippen LogP contribution >= 0.6 is 0 Å². The van der Waals surface area contributed by atoms with E-state index in [2.05, 4.69) is 5.32 Å². The Morgan fingerprint density at radius 2 is 1.50 bits per heavy atom. The Hall–Kier alpha value is -1.22. The first-order chi connectivity index (χ1) is 9.34. The summed E-state index contributed by atoms with van der Waals surface area (Å²) in [4.78, 5) is 20.9. The number of rotatable bonds is 12. The molecule has 0 radical (unpaired) electrons. The lowest BCUT2D eigenvalue weighted by molar-refractivity contribution is -0.139. The molecule has 0 rings (SSSR count). The van der Waals surface area contributed by atoms with Crippen LogP contribution in [0.1, 0.15) is 32.1 Å². The molecule has 8 heteroatoms. The van der Waals surface area contributed by atoms with E-state index in [0.717, 1.165) is 6.42 Å². The fraction of sp³-hybridized carbons (Fsp3) is 0.833. The standard InChI is InChI=1S/C12H25N3O5/c13-9(11(17)18)3-1-2-6-15-7-8(16)4-5-10(14)12(19)20/h8-10,15-16H,1-7,13-14H2,(H,17,18)(H,19,20)/t8?,9-,10-/m0/s1. The number of hydrogen-bond donors (Lipinski definition) is 6. The average molecular weight is 291 g/mol. The molecule has 0 heterocycles. The lowest BCUT2D eigenvalue weighted by Gasteiger charge is -2.13. The van der Waals surface area contributed by atoms with Crippen molar-refractivity contribution in [3.8, 4) is 0 Å². The van der Waals surface area contributed by atoms with E-state index in [1.807, 2.05) is 0 Å². The smallest absolute Gasteiger partial charge is 0.320 e. The van der Waals surface area contributed by atoms with E-state index in [-0.39, 0.29) is 6.42 Å². The third-order valence-corrected chi connectivity index (χ3v) is 2.94. The highest BCUT2D eigenvalue weighted by Gasteiger charge is 2.14. The fourth-order valence-electron chi connectivity index (χ4n) is 1.60. The molecule has 0 bridgehead atoms. The molecular weight excluding hydrogens is 266 g/mol. The molecule has 1 unspecified atom stereocenters. The number of unbranched alkanes of at least 4 members (excludes halogenated alkanes) is 1. The van der Waals surface area contributed by atoms with Crippen molar-refractivity contribution in [1.29, 1.82) is 0 Å². The van der Waals surface area contributed by atoms with E-state index < -0.39 is 30.1 Å². The number of aliphatic hydroxyl groups is 1. The molecule has 0 aliphatic heterocycles. The summed E-state index contributed by atoms with van der Waals surface area (Å²) in [7, 11) is 0. The zero-order chi connectivity index (χ0) is 15.5. The van der Waals surface area contributed by atoms with Gasteiger partial charge >= 0.3 is 11.9 Å². The zero-order valence-electron chi connectivity index (χ0n) is 11.5. The van der Waals surface area contributed by atoms with Gasteiger partial charge in [0.2, 0.25) is 0 Å². The average Bonchev–Trinajstić information content (AvgIpc) is 2.39. The number of carboxylic acids is 2. The van der Waals surface area contributed by atoms with E-state index in [4.69, 9.17) is 21.7 Å². The molecular formula is C12H25N3O5. The SMILES string of the molecule is N[C@@H](CCCCNCC(O)CC[C@H](N)C(=O)O)C(=O)O. The Balaban J connectivity index is 3.46. The number of aliphatic hydroxyl groups excluding tert-OH is 1. The summed E-state index contributed by atoms with van der Waals surface area (Å²) in [6.07, 6.45) is 1.80. The van der Waals surface area contributed by atoms with Crippen molar-refractivity contribution in [3.05, 3.63) is 0 Å². The molecule has 118 valence electrons. The maximum Gasteiger partial charge on any atom is 0.320 e. The molecule has 0 aromatic rings. The minimum Gasteiger partial charge on any atom is -0.480 e. The van der Waals surface area contributed by atoms with Crippen LogP contribution in [0.4, 0.5) is 0 Å². The van der Waals surface area contributed by atoms with Gasteiger partial charge in [-0.2, -0.15) is 0 Å². The predicted octanol–water partition coefficient (Wildman–Crippen LogP) is -1.29. The summed E-state index contributed by atoms with van der Waals surface area (Å²) in [6, 6.07) is -1.76. The number of carbonyl (C=O) groups is 2. The van der Waals surface area contributed by atoms with Crippen LogP contribution < -0.4 is 16.8 Å². The van der Waals surface area contributed by atoms with Gasteiger partial charge in [-0.1, -0.05) is 6.42 Å². The zero-order valence-corrected chi connectivity index (χ0v) is 11.5. The van der Waals surface area contributed by atoms with Crippen LogP contribution in [-0.2, 0) is 9.59 Å². The molecule has 0 saturated heterocycles. The first kappa shape index (κ1) is 18.8. The van der Waals surface area contributed by atoms with E-state index in [9.17, 15) is 14.7 Å². The summed E-state index contributed by atoms with van der Waals surface area (Å²) in [5, 5.41) is 29.8. The Labute approximate surface area is 118 Å². The fourth-order valence-corrected chi connectivity index (χ4v) is 1.60. The van der Waals surface area contributed by atoms with Crippen LogP contribution in [0.2, 0.25) is 0 Å². The van der Waals surface area contributed by atoms with Crippen molar-refractivity contribution >= 4 is 11.9 Å². The highest BCUT2D eigenvalue weighted by atomic mass is 16.4. The number of aliphatic carboxylic acids is 2. The molecule has 0 fully saturated rings. The van der Waals surface area contributed by atoms with Gasteiger partial charge in [0.05, 0.1) is 6.10 Å². The van der Waals surface area contributed by atoms with Crippen LogP contribution in [0.15, 0.2) is 0 Å². The largest absolute Gasteiger partial charge is 0.480 e. The minimum atomic E-state index is -1.07. The Kier molecular flexibility index (Phi) is 9.91. The van der Waals surface area contributed by atoms with Gasteiger partial charge in [-0.25, -0.2) is 0 Å². The second kappa shape index (κ2) is 10.6. The summed E-state index contributed by atoms with van der Waals surface area (Å²) < 4.78 is 0. The van der Waals surface area contributed by atoms with Crippen molar-refractivity contribution in [2.24, 2.45) is 11.5 Å². The first-order valence-corrected chi connectivity index (χ1v) is 6.70. The first-order valence-electron chi connectivity index (χ1n) is 6.70. The number of hydrogen-bond acceptors (Lipinski definition) is 6. The van der Waals surface area contributed by atoms with Gasteiger partial charge in [-0.05, 0) is 32.2 Å². The molecule has 0 saturated carbocycles. The van der Waals surface area contributed by atoms with Gasteiger partial charge in [0.15, 0.2) is 0 Å². The minimum absolute atomic E-state index is 0.228. The van der Waals surface area contributed by atoms with Crippen molar-refractivity contribution in [2.75, 3.05) is 13.1 Å². The third kappa shape index (κ3) is 9.68. The molecule has 0 amide bonds. The molecule has 8 nitrogen and oxygen atoms in total. The van der Waals surface area contributed by atoms with Gasteiger partial charge in [-0.3, -0.25) is 9.59 Å². The van der Waals surface area contributed by atoms with E-state index in [1.165, 1.54) is 0 Å². The van der Waals surface area contributed by atoms with E-state index in [0.29, 0.717) is 32.4 Å². The van der Waals surface area contributed by atoms with Crippen molar-refractivity contribution in [3.63, 3.8) is 0 Å². The van der Waals surface area contributed by atoms with Gasteiger partial charge in [-0.15, -0.1) is 0 Å². The second-order valence-corrected chi connectivity index (χ2v) is 4.82. The molecule has 0 aliphatic carbocycles. The molecule has 0 aliphatic rings. The van der Waals surface area contributed by atoms with Crippen molar-refractivity contribution in [1.82, 2.24) is 5.32 Å².